The SMILES string of the molecule is C=CCCCN(C)C(=O)N1CCCC(C(C)(C)C(=O)O)C1. The highest BCUT2D eigenvalue weighted by Crippen LogP contribution is 2.34. The second kappa shape index (κ2) is 7.48. The smallest absolute Gasteiger partial charge is 0.319 e. The van der Waals surface area contributed by atoms with E-state index in [1.54, 1.807) is 30.7 Å². The highest BCUT2D eigenvalue weighted by molar-refractivity contribution is 5.76. The summed E-state index contributed by atoms with van der Waals surface area (Å²) >= 11 is 0. The Bertz CT molecular complexity index is 393. The van der Waals surface area contributed by atoms with Crippen LogP contribution in [0, 0.1) is 11.3 Å². The number of amides is 2. The first kappa shape index (κ1) is 17.5. The van der Waals surface area contributed by atoms with E-state index in [0.29, 0.717) is 13.1 Å². The molecule has 1 heterocycles. The van der Waals surface area contributed by atoms with Crippen molar-refractivity contribution >= 4 is 12.0 Å². The number of piperidine rings is 1. The van der Waals surface area contributed by atoms with E-state index in [-0.39, 0.29) is 11.9 Å². The van der Waals surface area contributed by atoms with Gasteiger partial charge < -0.3 is 14.9 Å². The lowest BCUT2D eigenvalue weighted by molar-refractivity contribution is -0.151. The maximum Gasteiger partial charge on any atom is 0.319 e. The highest BCUT2D eigenvalue weighted by atomic mass is 16.4. The Morgan fingerprint density at radius 3 is 2.71 bits per heavy atom. The minimum atomic E-state index is -0.791. The minimum Gasteiger partial charge on any atom is -0.481 e. The molecule has 0 radical (unpaired) electrons. The third-order valence-corrected chi connectivity index (χ3v) is 4.49. The second-order valence-corrected chi connectivity index (χ2v) is 6.45. The fourth-order valence-electron chi connectivity index (χ4n) is 2.72. The van der Waals surface area contributed by atoms with Gasteiger partial charge in [0, 0.05) is 26.7 Å². The van der Waals surface area contributed by atoms with Crippen LogP contribution in [-0.2, 0) is 4.79 Å². The summed E-state index contributed by atoms with van der Waals surface area (Å²) < 4.78 is 0. The van der Waals surface area contributed by atoms with Gasteiger partial charge in [-0.1, -0.05) is 6.08 Å². The van der Waals surface area contributed by atoms with Crippen molar-refractivity contribution in [3.63, 3.8) is 0 Å². The highest BCUT2D eigenvalue weighted by Gasteiger charge is 2.40. The first-order valence-corrected chi connectivity index (χ1v) is 7.65. The first-order chi connectivity index (χ1) is 9.80. The van der Waals surface area contributed by atoms with Gasteiger partial charge in [0.1, 0.15) is 0 Å². The number of carboxylic acids is 1. The molecule has 0 aromatic heterocycles. The summed E-state index contributed by atoms with van der Waals surface area (Å²) in [4.78, 5) is 27.3. The van der Waals surface area contributed by atoms with Crippen molar-refractivity contribution < 1.29 is 14.7 Å². The fraction of sp³-hybridized carbons (Fsp3) is 0.750. The van der Waals surface area contributed by atoms with Crippen LogP contribution in [0.25, 0.3) is 0 Å². The normalized spacial score (nSPS) is 19.2. The molecule has 1 unspecified atom stereocenters. The predicted molar refractivity (Wildman–Crippen MR) is 83.2 cm³/mol. The van der Waals surface area contributed by atoms with Gasteiger partial charge in [0.25, 0.3) is 0 Å². The van der Waals surface area contributed by atoms with Crippen molar-refractivity contribution in [2.45, 2.75) is 39.5 Å². The summed E-state index contributed by atoms with van der Waals surface area (Å²) in [7, 11) is 1.80. The number of carbonyl (C=O) groups is 2. The van der Waals surface area contributed by atoms with Crippen LogP contribution in [-0.4, -0.2) is 53.6 Å². The molecule has 0 aliphatic carbocycles. The zero-order valence-electron chi connectivity index (χ0n) is 13.5. The summed E-state index contributed by atoms with van der Waals surface area (Å²) in [6, 6.07) is 0.00458. The van der Waals surface area contributed by atoms with Crippen LogP contribution < -0.4 is 0 Å². The predicted octanol–water partition coefficient (Wildman–Crippen LogP) is 2.83. The molecule has 2 amide bonds. The number of urea groups is 1. The quantitative estimate of drug-likeness (QED) is 0.605. The van der Waals surface area contributed by atoms with Gasteiger partial charge >= 0.3 is 12.0 Å². The molecule has 0 aromatic rings. The van der Waals surface area contributed by atoms with E-state index in [2.05, 4.69) is 6.58 Å². The van der Waals surface area contributed by atoms with Crippen LogP contribution in [0.1, 0.15) is 39.5 Å². The molecule has 0 bridgehead atoms. The Morgan fingerprint density at radius 1 is 1.48 bits per heavy atom. The van der Waals surface area contributed by atoms with Crippen molar-refractivity contribution in [2.75, 3.05) is 26.7 Å². The summed E-state index contributed by atoms with van der Waals surface area (Å²) in [6.07, 6.45) is 5.39. The third-order valence-electron chi connectivity index (χ3n) is 4.49. The monoisotopic (exact) mass is 296 g/mol. The molecule has 1 rings (SSSR count). The Morgan fingerprint density at radius 2 is 2.14 bits per heavy atom. The van der Waals surface area contributed by atoms with Crippen molar-refractivity contribution in [3.8, 4) is 0 Å². The van der Waals surface area contributed by atoms with Gasteiger partial charge in [0.2, 0.25) is 0 Å². The summed E-state index contributed by atoms with van der Waals surface area (Å²) in [6.45, 7) is 9.13. The van der Waals surface area contributed by atoms with Crippen LogP contribution in [0.4, 0.5) is 4.79 Å². The molecular formula is C16H28N2O3. The van der Waals surface area contributed by atoms with Gasteiger partial charge in [0.15, 0.2) is 0 Å². The number of nitrogens with zero attached hydrogens (tertiary/aromatic N) is 2. The molecule has 0 saturated carbocycles. The van der Waals surface area contributed by atoms with Gasteiger partial charge in [-0.3, -0.25) is 4.79 Å². The van der Waals surface area contributed by atoms with Gasteiger partial charge in [0.05, 0.1) is 5.41 Å². The number of unbranched alkanes of at least 4 members (excludes halogenated alkanes) is 1. The van der Waals surface area contributed by atoms with E-state index >= 15 is 0 Å². The number of carbonyl (C=O) groups excluding carboxylic acids is 1. The molecule has 120 valence electrons. The van der Waals surface area contributed by atoms with E-state index in [1.807, 2.05) is 6.08 Å². The van der Waals surface area contributed by atoms with Gasteiger partial charge in [-0.2, -0.15) is 0 Å². The first-order valence-electron chi connectivity index (χ1n) is 7.65. The molecule has 21 heavy (non-hydrogen) atoms. The topological polar surface area (TPSA) is 60.9 Å². The third kappa shape index (κ3) is 4.48. The molecular weight excluding hydrogens is 268 g/mol. The molecule has 1 N–H and O–H groups in total. The standard InChI is InChI=1S/C16H28N2O3/c1-5-6-7-10-17(4)15(21)18-11-8-9-13(12-18)16(2,3)14(19)20/h5,13H,1,6-12H2,2-4H3,(H,19,20). The number of rotatable bonds is 6. The zero-order chi connectivity index (χ0) is 16.0. The fourth-order valence-corrected chi connectivity index (χ4v) is 2.72. The van der Waals surface area contributed by atoms with Crippen molar-refractivity contribution in [1.29, 1.82) is 0 Å². The average molecular weight is 296 g/mol. The van der Waals surface area contributed by atoms with E-state index < -0.39 is 11.4 Å². The van der Waals surface area contributed by atoms with Crippen molar-refractivity contribution in [1.82, 2.24) is 9.80 Å². The molecule has 1 atom stereocenters. The Labute approximate surface area is 127 Å². The number of hydrogen-bond acceptors (Lipinski definition) is 2. The summed E-state index contributed by atoms with van der Waals surface area (Å²) in [5.41, 5.74) is -0.791. The van der Waals surface area contributed by atoms with Crippen LogP contribution in [0.2, 0.25) is 0 Å². The maximum atomic E-state index is 12.4. The summed E-state index contributed by atoms with van der Waals surface area (Å²) in [5, 5.41) is 9.35. The van der Waals surface area contributed by atoms with Crippen molar-refractivity contribution in [2.24, 2.45) is 11.3 Å². The zero-order valence-corrected chi connectivity index (χ0v) is 13.5. The Balaban J connectivity index is 2.61. The van der Waals surface area contributed by atoms with Gasteiger partial charge in [-0.25, -0.2) is 4.79 Å². The van der Waals surface area contributed by atoms with E-state index in [4.69, 9.17) is 0 Å². The molecule has 1 aliphatic rings. The van der Waals surface area contributed by atoms with Crippen LogP contribution in [0.5, 0.6) is 0 Å². The lowest BCUT2D eigenvalue weighted by atomic mass is 9.74. The molecule has 0 spiro atoms. The number of carboxylic acid groups (broad SMARTS) is 1. The molecule has 5 nitrogen and oxygen atoms in total. The number of aliphatic carboxylic acids is 1. The van der Waals surface area contributed by atoms with E-state index in [0.717, 1.165) is 32.2 Å². The maximum absolute atomic E-state index is 12.4. The minimum absolute atomic E-state index is 0.00458. The lowest BCUT2D eigenvalue weighted by Crippen LogP contribution is -2.50. The molecule has 5 heteroatoms. The van der Waals surface area contributed by atoms with E-state index in [1.165, 1.54) is 0 Å². The van der Waals surface area contributed by atoms with Crippen LogP contribution >= 0.6 is 0 Å². The van der Waals surface area contributed by atoms with Crippen molar-refractivity contribution in [3.05, 3.63) is 12.7 Å². The molecule has 1 saturated heterocycles. The largest absolute Gasteiger partial charge is 0.481 e. The van der Waals surface area contributed by atoms with Crippen LogP contribution in [0.3, 0.4) is 0 Å². The van der Waals surface area contributed by atoms with Gasteiger partial charge in [-0.05, 0) is 45.4 Å². The lowest BCUT2D eigenvalue weighted by Gasteiger charge is -2.40. The number of likely N-dealkylation sites (tertiary alicyclic amines) is 1. The van der Waals surface area contributed by atoms with Gasteiger partial charge in [-0.15, -0.1) is 6.58 Å². The molecule has 1 fully saturated rings. The Kier molecular flexibility index (Phi) is 6.24. The molecule has 1 aliphatic heterocycles. The number of allylic oxidation sites excluding steroid dienone is 1. The van der Waals surface area contributed by atoms with E-state index in [9.17, 15) is 14.7 Å². The Hall–Kier alpha value is -1.52. The summed E-state index contributed by atoms with van der Waals surface area (Å²) in [5.74, 6) is -0.782. The average Bonchev–Trinajstić information content (AvgIpc) is 2.46. The number of hydrogen-bond donors (Lipinski definition) is 1. The molecule has 0 aromatic carbocycles. The van der Waals surface area contributed by atoms with Crippen LogP contribution in [0.15, 0.2) is 12.7 Å². The second-order valence-electron chi connectivity index (χ2n) is 6.45.